The second-order valence-corrected chi connectivity index (χ2v) is 9.72. The number of carbonyl (C=O) groups is 2. The van der Waals surface area contributed by atoms with Crippen LogP contribution in [0.15, 0.2) is 6.07 Å². The van der Waals surface area contributed by atoms with E-state index in [9.17, 15) is 9.59 Å². The minimum absolute atomic E-state index is 0.207. The highest BCUT2D eigenvalue weighted by Crippen LogP contribution is 2.33. The van der Waals surface area contributed by atoms with Gasteiger partial charge in [-0.15, -0.1) is 0 Å². The first-order valence-corrected chi connectivity index (χ1v) is 10.3. The van der Waals surface area contributed by atoms with Crippen LogP contribution in [0.25, 0.3) is 0 Å². The Labute approximate surface area is 168 Å². The lowest BCUT2D eigenvalue weighted by Crippen LogP contribution is -2.50. The van der Waals surface area contributed by atoms with Crippen molar-refractivity contribution < 1.29 is 14.3 Å². The van der Waals surface area contributed by atoms with E-state index in [1.807, 2.05) is 20.8 Å². The summed E-state index contributed by atoms with van der Waals surface area (Å²) < 4.78 is 7.59. The predicted octanol–water partition coefficient (Wildman–Crippen LogP) is 3.71. The predicted molar refractivity (Wildman–Crippen MR) is 109 cm³/mol. The molecule has 7 nitrogen and oxygen atoms in total. The number of ether oxygens (including phenoxy) is 1. The largest absolute Gasteiger partial charge is 0.444 e. The number of Topliss-reactive ketones (excluding diaryl/α,β-unsaturated/α-hetero) is 1. The summed E-state index contributed by atoms with van der Waals surface area (Å²) in [6.45, 7) is 14.1. The Balaban J connectivity index is 1.66. The van der Waals surface area contributed by atoms with Crippen LogP contribution >= 0.6 is 0 Å². The van der Waals surface area contributed by atoms with Gasteiger partial charge in [0.15, 0.2) is 5.82 Å². The van der Waals surface area contributed by atoms with Gasteiger partial charge < -0.3 is 14.5 Å². The van der Waals surface area contributed by atoms with Gasteiger partial charge in [0.1, 0.15) is 11.4 Å². The molecule has 1 aromatic rings. The zero-order valence-corrected chi connectivity index (χ0v) is 18.1. The zero-order chi connectivity index (χ0) is 20.7. The normalized spacial score (nSPS) is 21.1. The fourth-order valence-corrected chi connectivity index (χ4v) is 4.22. The van der Waals surface area contributed by atoms with Gasteiger partial charge in [0.05, 0.1) is 6.04 Å². The van der Waals surface area contributed by atoms with E-state index in [2.05, 4.69) is 36.4 Å². The van der Waals surface area contributed by atoms with Gasteiger partial charge in [0, 0.05) is 49.8 Å². The Kier molecular flexibility index (Phi) is 5.47. The molecule has 3 rings (SSSR count). The molecule has 0 atom stereocenters. The van der Waals surface area contributed by atoms with Gasteiger partial charge in [-0.25, -0.2) is 4.79 Å². The molecular formula is C21H34N4O3. The number of likely N-dealkylation sites (tertiary alicyclic amines) is 1. The minimum atomic E-state index is -0.468. The summed E-state index contributed by atoms with van der Waals surface area (Å²) in [7, 11) is 0. The molecule has 0 aliphatic carbocycles. The van der Waals surface area contributed by atoms with Gasteiger partial charge >= 0.3 is 6.09 Å². The molecule has 2 fully saturated rings. The van der Waals surface area contributed by atoms with Crippen LogP contribution in [0.5, 0.6) is 0 Å². The van der Waals surface area contributed by atoms with Gasteiger partial charge in [0.2, 0.25) is 0 Å². The van der Waals surface area contributed by atoms with Crippen molar-refractivity contribution >= 4 is 17.7 Å². The Hall–Kier alpha value is -2.05. The van der Waals surface area contributed by atoms with Crippen molar-refractivity contribution in [1.29, 1.82) is 0 Å². The molecule has 2 aliphatic heterocycles. The van der Waals surface area contributed by atoms with Crippen LogP contribution in [0.2, 0.25) is 0 Å². The van der Waals surface area contributed by atoms with Crippen molar-refractivity contribution in [2.24, 2.45) is 0 Å². The number of rotatable bonds is 2. The maximum Gasteiger partial charge on any atom is 0.410 e. The molecule has 2 saturated heterocycles. The highest BCUT2D eigenvalue weighted by atomic mass is 16.6. The molecule has 28 heavy (non-hydrogen) atoms. The molecule has 0 saturated carbocycles. The van der Waals surface area contributed by atoms with E-state index in [0.29, 0.717) is 31.7 Å². The third-order valence-electron chi connectivity index (χ3n) is 5.62. The summed E-state index contributed by atoms with van der Waals surface area (Å²) in [6.07, 6.45) is 2.65. The Bertz CT molecular complexity index is 739. The van der Waals surface area contributed by atoms with E-state index in [4.69, 9.17) is 9.84 Å². The summed E-state index contributed by atoms with van der Waals surface area (Å²) in [5.41, 5.74) is 0.448. The molecule has 0 unspecified atom stereocenters. The van der Waals surface area contributed by atoms with E-state index < -0.39 is 5.60 Å². The first-order valence-electron chi connectivity index (χ1n) is 10.3. The van der Waals surface area contributed by atoms with Crippen molar-refractivity contribution in [2.45, 2.75) is 84.4 Å². The SMILES string of the molecule is Cc1cc(N2CCC(=O)CC2(C)C)nn1C1CCN(C(=O)OC(C)(C)C)CC1. The molecular weight excluding hydrogens is 356 g/mol. The van der Waals surface area contributed by atoms with Crippen LogP contribution in [0.3, 0.4) is 0 Å². The summed E-state index contributed by atoms with van der Waals surface area (Å²) in [5, 5.41) is 4.90. The second kappa shape index (κ2) is 7.41. The van der Waals surface area contributed by atoms with Gasteiger partial charge in [-0.3, -0.25) is 9.48 Å². The average Bonchev–Trinajstić information content (AvgIpc) is 2.93. The van der Waals surface area contributed by atoms with Crippen molar-refractivity contribution in [2.75, 3.05) is 24.5 Å². The standard InChI is InChI=1S/C21H34N4O3/c1-15-13-18(24-12-9-17(26)14-21(24,5)6)22-25(15)16-7-10-23(11-8-16)19(27)28-20(2,3)4/h13,16H,7-12,14H2,1-6H3. The van der Waals surface area contributed by atoms with E-state index >= 15 is 0 Å². The number of aromatic nitrogens is 2. The van der Waals surface area contributed by atoms with E-state index in [1.54, 1.807) is 4.90 Å². The third kappa shape index (κ3) is 4.50. The smallest absolute Gasteiger partial charge is 0.410 e. The molecule has 0 bridgehead atoms. The molecule has 1 amide bonds. The summed E-state index contributed by atoms with van der Waals surface area (Å²) >= 11 is 0. The number of hydrogen-bond donors (Lipinski definition) is 0. The van der Waals surface area contributed by atoms with Crippen molar-refractivity contribution in [3.8, 4) is 0 Å². The van der Waals surface area contributed by atoms with E-state index in [-0.39, 0.29) is 17.7 Å². The Morgan fingerprint density at radius 3 is 2.43 bits per heavy atom. The van der Waals surface area contributed by atoms with Crippen LogP contribution in [0, 0.1) is 6.92 Å². The maximum absolute atomic E-state index is 12.3. The lowest BCUT2D eigenvalue weighted by molar-refractivity contribution is -0.121. The monoisotopic (exact) mass is 390 g/mol. The molecule has 1 aromatic heterocycles. The van der Waals surface area contributed by atoms with Gasteiger partial charge in [-0.2, -0.15) is 5.10 Å². The fraction of sp³-hybridized carbons (Fsp3) is 0.762. The number of hydrogen-bond acceptors (Lipinski definition) is 5. The molecule has 0 radical (unpaired) electrons. The number of aryl methyl sites for hydroxylation is 1. The number of carbonyl (C=O) groups excluding carboxylic acids is 2. The molecule has 0 spiro atoms. The van der Waals surface area contributed by atoms with Crippen molar-refractivity contribution in [1.82, 2.24) is 14.7 Å². The summed E-state index contributed by atoms with van der Waals surface area (Å²) in [5.74, 6) is 1.27. The Morgan fingerprint density at radius 2 is 1.86 bits per heavy atom. The first-order chi connectivity index (χ1) is 13.0. The van der Waals surface area contributed by atoms with E-state index in [1.165, 1.54) is 0 Å². The quantitative estimate of drug-likeness (QED) is 0.770. The average molecular weight is 391 g/mol. The van der Waals surface area contributed by atoms with E-state index in [0.717, 1.165) is 30.9 Å². The lowest BCUT2D eigenvalue weighted by Gasteiger charge is -2.42. The highest BCUT2D eigenvalue weighted by Gasteiger charge is 2.36. The van der Waals surface area contributed by atoms with Gasteiger partial charge in [-0.1, -0.05) is 0 Å². The number of nitrogens with zero attached hydrogens (tertiary/aromatic N) is 4. The molecule has 0 aromatic carbocycles. The summed E-state index contributed by atoms with van der Waals surface area (Å²) in [4.78, 5) is 28.2. The first kappa shape index (κ1) is 20.7. The van der Waals surface area contributed by atoms with Gasteiger partial charge in [-0.05, 0) is 54.4 Å². The van der Waals surface area contributed by atoms with Crippen LogP contribution in [-0.2, 0) is 9.53 Å². The summed E-state index contributed by atoms with van der Waals surface area (Å²) in [6, 6.07) is 2.40. The van der Waals surface area contributed by atoms with Crippen molar-refractivity contribution in [3.05, 3.63) is 11.8 Å². The minimum Gasteiger partial charge on any atom is -0.444 e. The molecule has 0 N–H and O–H groups in total. The topological polar surface area (TPSA) is 67.7 Å². The maximum atomic E-state index is 12.3. The fourth-order valence-electron chi connectivity index (χ4n) is 4.22. The molecule has 2 aliphatic rings. The lowest BCUT2D eigenvalue weighted by atomic mass is 9.89. The van der Waals surface area contributed by atoms with Crippen LogP contribution in [0.4, 0.5) is 10.6 Å². The van der Waals surface area contributed by atoms with Crippen LogP contribution < -0.4 is 4.90 Å². The number of anilines is 1. The van der Waals surface area contributed by atoms with Crippen LogP contribution in [0.1, 0.15) is 72.0 Å². The number of amides is 1. The second-order valence-electron chi connectivity index (χ2n) is 9.72. The Morgan fingerprint density at radius 1 is 1.21 bits per heavy atom. The van der Waals surface area contributed by atoms with Crippen molar-refractivity contribution in [3.63, 3.8) is 0 Å². The van der Waals surface area contributed by atoms with Gasteiger partial charge in [0.25, 0.3) is 0 Å². The number of ketones is 1. The molecule has 3 heterocycles. The molecule has 156 valence electrons. The highest BCUT2D eigenvalue weighted by molar-refractivity contribution is 5.82. The zero-order valence-electron chi connectivity index (χ0n) is 18.1. The molecule has 7 heteroatoms. The third-order valence-corrected chi connectivity index (χ3v) is 5.62. The number of piperidine rings is 2. The van der Waals surface area contributed by atoms with Crippen LogP contribution in [-0.4, -0.2) is 57.3 Å².